The summed E-state index contributed by atoms with van der Waals surface area (Å²) in [6, 6.07) is 13.8. The van der Waals surface area contributed by atoms with Crippen molar-refractivity contribution in [2.24, 2.45) is 0 Å². The average molecular weight is 385 g/mol. The molecule has 0 aliphatic carbocycles. The van der Waals surface area contributed by atoms with Crippen molar-refractivity contribution >= 4 is 29.2 Å². The smallest absolute Gasteiger partial charge is 0.311 e. The van der Waals surface area contributed by atoms with Crippen LogP contribution < -0.4 is 10.1 Å². The van der Waals surface area contributed by atoms with Gasteiger partial charge < -0.3 is 14.5 Å². The van der Waals surface area contributed by atoms with Gasteiger partial charge in [0.25, 0.3) is 0 Å². The lowest BCUT2D eigenvalue weighted by molar-refractivity contribution is -0.134. The summed E-state index contributed by atoms with van der Waals surface area (Å²) >= 11 is 5.87. The minimum atomic E-state index is -0.395. The summed E-state index contributed by atoms with van der Waals surface area (Å²) in [5.74, 6) is 0.919. The number of anilines is 1. The van der Waals surface area contributed by atoms with Crippen LogP contribution in [-0.4, -0.2) is 16.9 Å². The number of halogens is 1. The van der Waals surface area contributed by atoms with E-state index in [0.717, 1.165) is 5.56 Å². The number of rotatable bonds is 6. The maximum atomic E-state index is 12.0. The number of esters is 1. The molecule has 0 saturated carbocycles. The molecule has 1 heterocycles. The maximum absolute atomic E-state index is 12.0. The van der Waals surface area contributed by atoms with Crippen molar-refractivity contribution in [3.8, 4) is 17.1 Å². The Morgan fingerprint density at radius 1 is 1.11 bits per heavy atom. The van der Waals surface area contributed by atoms with Gasteiger partial charge >= 0.3 is 5.97 Å². The molecule has 3 aromatic rings. The lowest BCUT2D eigenvalue weighted by atomic mass is 10.2. The van der Waals surface area contributed by atoms with Gasteiger partial charge in [-0.15, -0.1) is 0 Å². The summed E-state index contributed by atoms with van der Waals surface area (Å²) in [5.41, 5.74) is 1.50. The van der Waals surface area contributed by atoms with E-state index in [4.69, 9.17) is 20.8 Å². The monoisotopic (exact) mass is 384 g/mol. The zero-order valence-corrected chi connectivity index (χ0v) is 15.3. The third kappa shape index (κ3) is 5.43. The van der Waals surface area contributed by atoms with Crippen molar-refractivity contribution in [3.63, 3.8) is 0 Å². The average Bonchev–Trinajstić information content (AvgIpc) is 3.11. The van der Waals surface area contributed by atoms with Crippen molar-refractivity contribution in [2.45, 2.75) is 19.8 Å². The van der Waals surface area contributed by atoms with E-state index in [1.165, 1.54) is 6.92 Å². The van der Waals surface area contributed by atoms with Gasteiger partial charge in [0, 0.05) is 29.6 Å². The Balaban J connectivity index is 1.52. The Bertz CT molecular complexity index is 933. The molecule has 138 valence electrons. The number of nitrogens with zero attached hydrogens (tertiary/aromatic N) is 1. The molecule has 2 aromatic carbocycles. The van der Waals surface area contributed by atoms with Crippen LogP contribution >= 0.6 is 11.6 Å². The van der Waals surface area contributed by atoms with Crippen LogP contribution in [0.2, 0.25) is 5.02 Å². The molecule has 1 amide bonds. The van der Waals surface area contributed by atoms with Crippen LogP contribution in [0.15, 0.2) is 59.1 Å². The number of carbonyl (C=O) groups excluding carboxylic acids is 2. The van der Waals surface area contributed by atoms with Gasteiger partial charge in [0.2, 0.25) is 5.91 Å². The minimum absolute atomic E-state index is 0.133. The van der Waals surface area contributed by atoms with E-state index in [-0.39, 0.29) is 12.3 Å². The van der Waals surface area contributed by atoms with Crippen LogP contribution in [0.4, 0.5) is 5.69 Å². The van der Waals surface area contributed by atoms with Crippen molar-refractivity contribution < 1.29 is 18.7 Å². The van der Waals surface area contributed by atoms with Crippen LogP contribution in [0.1, 0.15) is 19.2 Å². The number of oxazole rings is 1. The fraction of sp³-hybridized carbons (Fsp3) is 0.150. The number of aromatic nitrogens is 1. The van der Waals surface area contributed by atoms with E-state index in [0.29, 0.717) is 34.5 Å². The van der Waals surface area contributed by atoms with Crippen LogP contribution in [0.3, 0.4) is 0 Å². The van der Waals surface area contributed by atoms with E-state index in [2.05, 4.69) is 10.3 Å². The predicted molar refractivity (Wildman–Crippen MR) is 102 cm³/mol. The van der Waals surface area contributed by atoms with E-state index in [9.17, 15) is 9.59 Å². The van der Waals surface area contributed by atoms with Gasteiger partial charge in [-0.1, -0.05) is 11.6 Å². The van der Waals surface area contributed by atoms with Gasteiger partial charge in [0.15, 0.2) is 11.7 Å². The van der Waals surface area contributed by atoms with E-state index in [1.807, 2.05) is 12.1 Å². The number of nitrogens with one attached hydrogen (secondary N) is 1. The van der Waals surface area contributed by atoms with Crippen LogP contribution in [-0.2, 0) is 16.0 Å². The number of benzene rings is 2. The molecule has 0 aliphatic rings. The highest BCUT2D eigenvalue weighted by molar-refractivity contribution is 6.30. The molecule has 0 atom stereocenters. The number of ether oxygens (including phenoxy) is 1. The summed E-state index contributed by atoms with van der Waals surface area (Å²) in [6.45, 7) is 1.43. The summed E-state index contributed by atoms with van der Waals surface area (Å²) in [6.07, 6.45) is 2.08. The van der Waals surface area contributed by atoms with Crippen molar-refractivity contribution in [3.05, 3.63) is 65.6 Å². The number of hydrogen-bond acceptors (Lipinski definition) is 5. The quantitative estimate of drug-likeness (QED) is 0.500. The normalized spacial score (nSPS) is 10.4. The fourth-order valence-electron chi connectivity index (χ4n) is 2.37. The molecule has 0 aliphatic heterocycles. The van der Waals surface area contributed by atoms with Gasteiger partial charge in [0.05, 0.1) is 12.6 Å². The van der Waals surface area contributed by atoms with E-state index >= 15 is 0 Å². The molecule has 1 N–H and O–H groups in total. The second kappa shape index (κ2) is 8.51. The number of aryl methyl sites for hydroxylation is 1. The van der Waals surface area contributed by atoms with Crippen LogP contribution in [0, 0.1) is 0 Å². The summed E-state index contributed by atoms with van der Waals surface area (Å²) in [4.78, 5) is 27.2. The highest BCUT2D eigenvalue weighted by Gasteiger charge is 2.11. The molecule has 27 heavy (non-hydrogen) atoms. The minimum Gasteiger partial charge on any atom is -0.441 e. The molecule has 1 aromatic heterocycles. The molecule has 0 spiro atoms. The fourth-order valence-corrected chi connectivity index (χ4v) is 2.50. The predicted octanol–water partition coefficient (Wildman–Crippen LogP) is 4.49. The van der Waals surface area contributed by atoms with E-state index < -0.39 is 5.97 Å². The molecule has 3 rings (SSSR count). The molecule has 0 bridgehead atoms. The third-order valence-electron chi connectivity index (χ3n) is 3.63. The second-order valence-electron chi connectivity index (χ2n) is 5.80. The number of amides is 1. The van der Waals surface area contributed by atoms with Gasteiger partial charge in [-0.25, -0.2) is 4.98 Å². The molecule has 0 unspecified atom stereocenters. The second-order valence-corrected chi connectivity index (χ2v) is 6.24. The number of carbonyl (C=O) groups is 2. The van der Waals surface area contributed by atoms with Gasteiger partial charge in [-0.3, -0.25) is 9.59 Å². The molecule has 0 fully saturated rings. The van der Waals surface area contributed by atoms with Crippen LogP contribution in [0.25, 0.3) is 11.3 Å². The summed E-state index contributed by atoms with van der Waals surface area (Å²) in [5, 5.41) is 3.29. The largest absolute Gasteiger partial charge is 0.441 e. The topological polar surface area (TPSA) is 81.4 Å². The lowest BCUT2D eigenvalue weighted by Crippen LogP contribution is -2.09. The zero-order chi connectivity index (χ0) is 19.2. The lowest BCUT2D eigenvalue weighted by Gasteiger charge is -2.05. The standard InChI is InChI=1S/C20H17ClN2O4/c1-13(24)23-16-6-8-17(9-7-16)26-20(25)11-10-19-22-12-18(27-19)14-2-4-15(21)5-3-14/h2-9,12H,10-11H2,1H3,(H,23,24). The Hall–Kier alpha value is -3.12. The first kappa shape index (κ1) is 18.7. The van der Waals surface area contributed by atoms with Gasteiger partial charge in [-0.2, -0.15) is 0 Å². The van der Waals surface area contributed by atoms with Crippen molar-refractivity contribution in [2.75, 3.05) is 5.32 Å². The maximum Gasteiger partial charge on any atom is 0.311 e. The third-order valence-corrected chi connectivity index (χ3v) is 3.88. The SMILES string of the molecule is CC(=O)Nc1ccc(OC(=O)CCc2ncc(-c3ccc(Cl)cc3)o2)cc1. The Kier molecular flexibility index (Phi) is 5.88. The molecule has 6 nitrogen and oxygen atoms in total. The Morgan fingerprint density at radius 2 is 1.81 bits per heavy atom. The van der Waals surface area contributed by atoms with Crippen molar-refractivity contribution in [1.82, 2.24) is 4.98 Å². The van der Waals surface area contributed by atoms with E-state index in [1.54, 1.807) is 42.6 Å². The highest BCUT2D eigenvalue weighted by atomic mass is 35.5. The highest BCUT2D eigenvalue weighted by Crippen LogP contribution is 2.23. The first-order valence-electron chi connectivity index (χ1n) is 8.28. The Labute approximate surface area is 161 Å². The Morgan fingerprint density at radius 3 is 2.48 bits per heavy atom. The van der Waals surface area contributed by atoms with Crippen molar-refractivity contribution in [1.29, 1.82) is 0 Å². The molecule has 0 radical (unpaired) electrons. The zero-order valence-electron chi connectivity index (χ0n) is 14.6. The molecule has 0 saturated heterocycles. The summed E-state index contributed by atoms with van der Waals surface area (Å²) in [7, 11) is 0. The first-order valence-corrected chi connectivity index (χ1v) is 8.66. The molecular weight excluding hydrogens is 368 g/mol. The molecular formula is C20H17ClN2O4. The van der Waals surface area contributed by atoms with Crippen LogP contribution in [0.5, 0.6) is 5.75 Å². The summed E-state index contributed by atoms with van der Waals surface area (Å²) < 4.78 is 10.9. The van der Waals surface area contributed by atoms with Gasteiger partial charge in [-0.05, 0) is 48.5 Å². The first-order chi connectivity index (χ1) is 13.0. The van der Waals surface area contributed by atoms with Gasteiger partial charge in [0.1, 0.15) is 5.75 Å². The number of hydrogen-bond donors (Lipinski definition) is 1. The molecule has 7 heteroatoms.